The van der Waals surface area contributed by atoms with Crippen molar-refractivity contribution in [2.24, 2.45) is 16.7 Å². The van der Waals surface area contributed by atoms with E-state index < -0.39 is 34.7 Å². The van der Waals surface area contributed by atoms with E-state index in [4.69, 9.17) is 27.9 Å². The van der Waals surface area contributed by atoms with Gasteiger partial charge in [0.25, 0.3) is 0 Å². The fourth-order valence-corrected chi connectivity index (χ4v) is 5.38. The van der Waals surface area contributed by atoms with Crippen molar-refractivity contribution in [3.8, 4) is 5.75 Å². The van der Waals surface area contributed by atoms with Crippen LogP contribution in [0.15, 0.2) is 42.5 Å². The van der Waals surface area contributed by atoms with Crippen molar-refractivity contribution in [2.45, 2.75) is 52.7 Å². The third-order valence-electron chi connectivity index (χ3n) is 7.89. The number of carboxylic acid groups (broad SMARTS) is 2. The number of aliphatic carboxylic acids is 2. The summed E-state index contributed by atoms with van der Waals surface area (Å²) in [4.78, 5) is 38.6. The summed E-state index contributed by atoms with van der Waals surface area (Å²) in [6.45, 7) is 5.38. The highest BCUT2D eigenvalue weighted by Gasteiger charge is 2.59. The topological polar surface area (TPSA) is 104 Å². The number of hydrogen-bond donors (Lipinski definition) is 2. The Morgan fingerprint density at radius 2 is 1.64 bits per heavy atom. The number of benzene rings is 2. The quantitative estimate of drug-likeness (QED) is 0.435. The SMILES string of the molecule is CN(C(=O)C1CCC(C)(C(=O)O)C1(C)C)[C@@H](Cc1ccc(OCc2c(Cl)cccc2Cl)cc1)C(=O)O. The first kappa shape index (κ1) is 27.8. The average molecular weight is 536 g/mol. The van der Waals surface area contributed by atoms with Gasteiger partial charge in [0.15, 0.2) is 0 Å². The van der Waals surface area contributed by atoms with E-state index in [9.17, 15) is 24.6 Å². The van der Waals surface area contributed by atoms with E-state index in [-0.39, 0.29) is 18.9 Å². The number of likely N-dealkylation sites (N-methyl/N-ethyl adjacent to an activating group) is 1. The van der Waals surface area contributed by atoms with Crippen molar-refractivity contribution >= 4 is 41.0 Å². The van der Waals surface area contributed by atoms with Crippen molar-refractivity contribution in [1.29, 1.82) is 0 Å². The molecule has 0 radical (unpaired) electrons. The molecular formula is C27H31Cl2NO6. The van der Waals surface area contributed by atoms with Crippen LogP contribution >= 0.6 is 23.2 Å². The van der Waals surface area contributed by atoms with E-state index in [1.807, 2.05) is 0 Å². The maximum Gasteiger partial charge on any atom is 0.326 e. The van der Waals surface area contributed by atoms with Crippen molar-refractivity contribution < 1.29 is 29.3 Å². The Bertz CT molecular complexity index is 1130. The number of carbonyl (C=O) groups is 3. The van der Waals surface area contributed by atoms with Crippen LogP contribution in [0.4, 0.5) is 0 Å². The highest BCUT2D eigenvalue weighted by atomic mass is 35.5. The van der Waals surface area contributed by atoms with Crippen LogP contribution in [-0.2, 0) is 27.4 Å². The molecular weight excluding hydrogens is 505 g/mol. The number of hydrogen-bond acceptors (Lipinski definition) is 4. The van der Waals surface area contributed by atoms with Crippen molar-refractivity contribution in [3.63, 3.8) is 0 Å². The molecule has 7 nitrogen and oxygen atoms in total. The smallest absolute Gasteiger partial charge is 0.326 e. The lowest BCUT2D eigenvalue weighted by atomic mass is 9.65. The zero-order chi connectivity index (χ0) is 26.8. The molecule has 1 aliphatic rings. The summed E-state index contributed by atoms with van der Waals surface area (Å²) in [6, 6.07) is 11.1. The first-order valence-electron chi connectivity index (χ1n) is 11.7. The molecule has 0 heterocycles. The van der Waals surface area contributed by atoms with E-state index in [1.54, 1.807) is 63.2 Å². The molecule has 9 heteroatoms. The van der Waals surface area contributed by atoms with Gasteiger partial charge in [-0.15, -0.1) is 0 Å². The van der Waals surface area contributed by atoms with Gasteiger partial charge in [0.2, 0.25) is 5.91 Å². The van der Waals surface area contributed by atoms with Gasteiger partial charge in [0, 0.05) is 35.0 Å². The monoisotopic (exact) mass is 535 g/mol. The number of nitrogens with zero attached hydrogens (tertiary/aromatic N) is 1. The molecule has 0 aromatic heterocycles. The summed E-state index contributed by atoms with van der Waals surface area (Å²) in [5.74, 6) is -2.45. The predicted octanol–water partition coefficient (Wildman–Crippen LogP) is 5.55. The Morgan fingerprint density at radius 3 is 2.14 bits per heavy atom. The van der Waals surface area contributed by atoms with Gasteiger partial charge in [-0.05, 0) is 55.0 Å². The van der Waals surface area contributed by atoms with Crippen molar-refractivity contribution in [2.75, 3.05) is 7.05 Å². The lowest BCUT2D eigenvalue weighted by molar-refractivity contribution is -0.159. The third-order valence-corrected chi connectivity index (χ3v) is 8.60. The molecule has 3 rings (SSSR count). The normalized spacial score (nSPS) is 21.6. The molecule has 0 saturated heterocycles. The van der Waals surface area contributed by atoms with E-state index in [0.29, 0.717) is 39.8 Å². The molecule has 1 aliphatic carbocycles. The zero-order valence-corrected chi connectivity index (χ0v) is 22.3. The van der Waals surface area contributed by atoms with E-state index in [0.717, 1.165) is 0 Å². The summed E-state index contributed by atoms with van der Waals surface area (Å²) >= 11 is 12.4. The second-order valence-corrected chi connectivity index (χ2v) is 10.9. The molecule has 1 saturated carbocycles. The van der Waals surface area contributed by atoms with Crippen LogP contribution in [0.2, 0.25) is 10.0 Å². The lowest BCUT2D eigenvalue weighted by Crippen LogP contribution is -2.50. The summed E-state index contributed by atoms with van der Waals surface area (Å²) in [7, 11) is 1.47. The molecule has 36 heavy (non-hydrogen) atoms. The summed E-state index contributed by atoms with van der Waals surface area (Å²) in [5.41, 5.74) is -0.496. The van der Waals surface area contributed by atoms with E-state index >= 15 is 0 Å². The zero-order valence-electron chi connectivity index (χ0n) is 20.8. The molecule has 2 N–H and O–H groups in total. The van der Waals surface area contributed by atoms with Gasteiger partial charge < -0.3 is 19.8 Å². The number of carbonyl (C=O) groups excluding carboxylic acids is 1. The van der Waals surface area contributed by atoms with Gasteiger partial charge in [-0.3, -0.25) is 9.59 Å². The van der Waals surface area contributed by atoms with Crippen molar-refractivity contribution in [3.05, 3.63) is 63.6 Å². The average Bonchev–Trinajstić information content (AvgIpc) is 3.06. The van der Waals surface area contributed by atoms with Gasteiger partial charge in [-0.1, -0.05) is 55.2 Å². The molecule has 194 valence electrons. The highest BCUT2D eigenvalue weighted by molar-refractivity contribution is 6.35. The second kappa shape index (κ2) is 10.7. The third kappa shape index (κ3) is 5.32. The van der Waals surface area contributed by atoms with Gasteiger partial charge in [-0.2, -0.15) is 0 Å². The summed E-state index contributed by atoms with van der Waals surface area (Å²) < 4.78 is 5.78. The summed E-state index contributed by atoms with van der Waals surface area (Å²) in [6.07, 6.45) is 0.850. The second-order valence-electron chi connectivity index (χ2n) is 10.1. The Labute approximate surface area is 221 Å². The Hall–Kier alpha value is -2.77. The largest absolute Gasteiger partial charge is 0.489 e. The summed E-state index contributed by atoms with van der Waals surface area (Å²) in [5, 5.41) is 20.7. The maximum atomic E-state index is 13.4. The van der Waals surface area contributed by atoms with Crippen LogP contribution in [-0.4, -0.2) is 46.0 Å². The fourth-order valence-electron chi connectivity index (χ4n) is 4.88. The molecule has 1 fully saturated rings. The fraction of sp³-hybridized carbons (Fsp3) is 0.444. The molecule has 0 spiro atoms. The Kier molecular flexibility index (Phi) is 8.26. The molecule has 1 amide bonds. The van der Waals surface area contributed by atoms with E-state index in [1.165, 1.54) is 11.9 Å². The molecule has 0 bridgehead atoms. The van der Waals surface area contributed by atoms with Gasteiger partial charge in [0.1, 0.15) is 18.4 Å². The minimum Gasteiger partial charge on any atom is -0.489 e. The Balaban J connectivity index is 1.69. The molecule has 2 unspecified atom stereocenters. The number of carboxylic acids is 2. The highest BCUT2D eigenvalue weighted by Crippen LogP contribution is 2.56. The molecule has 2 aromatic carbocycles. The van der Waals surface area contributed by atoms with Gasteiger partial charge in [-0.25, -0.2) is 4.79 Å². The van der Waals surface area contributed by atoms with Crippen LogP contribution < -0.4 is 4.74 Å². The van der Waals surface area contributed by atoms with Crippen LogP contribution in [0, 0.1) is 16.7 Å². The minimum absolute atomic E-state index is 0.0948. The minimum atomic E-state index is -1.13. The first-order chi connectivity index (χ1) is 16.8. The molecule has 3 atom stereocenters. The lowest BCUT2D eigenvalue weighted by Gasteiger charge is -2.39. The Morgan fingerprint density at radius 1 is 1.06 bits per heavy atom. The molecule has 0 aliphatic heterocycles. The van der Waals surface area contributed by atoms with E-state index in [2.05, 4.69) is 0 Å². The van der Waals surface area contributed by atoms with Crippen LogP contribution in [0.1, 0.15) is 44.7 Å². The first-order valence-corrected chi connectivity index (χ1v) is 12.4. The molecule has 2 aromatic rings. The van der Waals surface area contributed by atoms with Crippen LogP contribution in [0.25, 0.3) is 0 Å². The standard InChI is InChI=1S/C27H31Cl2NO6/c1-26(2)19(12-13-27(26,3)25(34)35)23(31)30(4)22(24(32)33)14-16-8-10-17(11-9-16)36-15-18-20(28)6-5-7-21(18)29/h5-11,19,22H,12-15H2,1-4H3,(H,32,33)(H,34,35)/t19?,22-,27?/m0/s1. The van der Waals surface area contributed by atoms with Gasteiger partial charge >= 0.3 is 11.9 Å². The van der Waals surface area contributed by atoms with Crippen LogP contribution in [0.5, 0.6) is 5.75 Å². The maximum absolute atomic E-state index is 13.4. The predicted molar refractivity (Wildman–Crippen MR) is 137 cm³/mol. The number of ether oxygens (including phenoxy) is 1. The van der Waals surface area contributed by atoms with Gasteiger partial charge in [0.05, 0.1) is 5.41 Å². The number of amides is 1. The number of rotatable bonds is 9. The van der Waals surface area contributed by atoms with Crippen LogP contribution in [0.3, 0.4) is 0 Å². The van der Waals surface area contributed by atoms with Crippen molar-refractivity contribution in [1.82, 2.24) is 4.90 Å². The number of halogens is 2.